The summed E-state index contributed by atoms with van der Waals surface area (Å²) in [6.45, 7) is 0.639. The van der Waals surface area contributed by atoms with E-state index in [1.54, 1.807) is 31.4 Å². The van der Waals surface area contributed by atoms with Gasteiger partial charge in [-0.25, -0.2) is 13.2 Å². The second kappa shape index (κ2) is 10.1. The molecule has 4 heteroatoms. The highest BCUT2D eigenvalue weighted by Crippen LogP contribution is 2.18. The van der Waals surface area contributed by atoms with Crippen molar-refractivity contribution in [1.29, 1.82) is 0 Å². The summed E-state index contributed by atoms with van der Waals surface area (Å²) >= 11 is 0. The Bertz CT molecular complexity index is 1410. The van der Waals surface area contributed by atoms with Crippen molar-refractivity contribution >= 4 is 10.8 Å². The summed E-state index contributed by atoms with van der Waals surface area (Å²) in [5.41, 5.74) is 2.36. The first-order valence-corrected chi connectivity index (χ1v) is 10.3. The van der Waals surface area contributed by atoms with Gasteiger partial charge in [0.1, 0.15) is 17.5 Å². The van der Waals surface area contributed by atoms with Crippen LogP contribution in [-0.4, -0.2) is 13.7 Å². The molecule has 0 saturated carbocycles. The molecule has 0 atom stereocenters. The van der Waals surface area contributed by atoms with E-state index in [2.05, 4.69) is 23.7 Å². The largest absolute Gasteiger partial charge is 0.384 e. The normalized spacial score (nSPS) is 10.3. The molecule has 0 aromatic heterocycles. The molecular weight excluding hydrogens is 421 g/mol. The van der Waals surface area contributed by atoms with Crippen LogP contribution in [0.15, 0.2) is 72.8 Å². The standard InChI is InChI=1S/C29H19F3O/c1-33-15-14-21-4-2-20(3-5-21)6-7-23-17-28(31)27(29(32)18-23)13-9-22-8-10-25-19-26(30)12-11-24(25)16-22/h2-5,8,10-12,16-19H,14-15H2,1H3. The molecule has 0 spiro atoms. The predicted molar refractivity (Wildman–Crippen MR) is 124 cm³/mol. The number of benzene rings is 4. The van der Waals surface area contributed by atoms with Gasteiger partial charge in [0, 0.05) is 23.8 Å². The highest BCUT2D eigenvalue weighted by molar-refractivity contribution is 5.84. The van der Waals surface area contributed by atoms with Crippen LogP contribution >= 0.6 is 0 Å². The molecule has 0 amide bonds. The van der Waals surface area contributed by atoms with Crippen LogP contribution < -0.4 is 0 Å². The number of fused-ring (bicyclic) bond motifs is 1. The smallest absolute Gasteiger partial charge is 0.143 e. The van der Waals surface area contributed by atoms with Gasteiger partial charge in [-0.05, 0) is 71.3 Å². The van der Waals surface area contributed by atoms with E-state index >= 15 is 0 Å². The van der Waals surface area contributed by atoms with Crippen molar-refractivity contribution < 1.29 is 17.9 Å². The topological polar surface area (TPSA) is 9.23 Å². The van der Waals surface area contributed by atoms with E-state index < -0.39 is 11.6 Å². The van der Waals surface area contributed by atoms with Crippen molar-refractivity contribution in [3.05, 3.63) is 118 Å². The minimum atomic E-state index is -0.774. The Morgan fingerprint density at radius 1 is 0.636 bits per heavy atom. The Hall–Kier alpha value is -3.99. The maximum atomic E-state index is 14.5. The zero-order valence-electron chi connectivity index (χ0n) is 17.9. The quantitative estimate of drug-likeness (QED) is 0.343. The molecule has 0 bridgehead atoms. The van der Waals surface area contributed by atoms with Crippen molar-refractivity contribution in [3.63, 3.8) is 0 Å². The first-order chi connectivity index (χ1) is 16.0. The zero-order valence-corrected chi connectivity index (χ0v) is 17.9. The molecule has 4 aromatic rings. The lowest BCUT2D eigenvalue weighted by atomic mass is 10.1. The molecule has 0 radical (unpaired) electrons. The Morgan fingerprint density at radius 2 is 1.24 bits per heavy atom. The lowest BCUT2D eigenvalue weighted by molar-refractivity contribution is 0.202. The molecule has 0 aliphatic rings. The van der Waals surface area contributed by atoms with Gasteiger partial charge in [0.2, 0.25) is 0 Å². The number of ether oxygens (including phenoxy) is 1. The van der Waals surface area contributed by atoms with Gasteiger partial charge in [0.05, 0.1) is 12.2 Å². The second-order valence-electron chi connectivity index (χ2n) is 7.46. The van der Waals surface area contributed by atoms with Crippen molar-refractivity contribution in [2.75, 3.05) is 13.7 Å². The molecule has 0 aliphatic carbocycles. The molecular formula is C29H19F3O. The summed E-state index contributed by atoms with van der Waals surface area (Å²) in [5, 5.41) is 1.52. The SMILES string of the molecule is COCCc1ccc(C#Cc2cc(F)c(C#Cc3ccc4cc(F)ccc4c3)c(F)c2)cc1. The van der Waals surface area contributed by atoms with Gasteiger partial charge in [0.15, 0.2) is 0 Å². The van der Waals surface area contributed by atoms with Crippen LogP contribution in [0.4, 0.5) is 13.2 Å². The van der Waals surface area contributed by atoms with Crippen molar-refractivity contribution in [2.45, 2.75) is 6.42 Å². The van der Waals surface area contributed by atoms with Crippen molar-refractivity contribution in [3.8, 4) is 23.7 Å². The lowest BCUT2D eigenvalue weighted by Gasteiger charge is -2.01. The van der Waals surface area contributed by atoms with Crippen LogP contribution in [0.3, 0.4) is 0 Å². The number of halogens is 3. The zero-order chi connectivity index (χ0) is 23.2. The molecule has 1 nitrogen and oxygen atoms in total. The number of hydrogen-bond acceptors (Lipinski definition) is 1. The van der Waals surface area contributed by atoms with Gasteiger partial charge in [-0.15, -0.1) is 0 Å². The first-order valence-electron chi connectivity index (χ1n) is 10.3. The molecule has 0 N–H and O–H groups in total. The van der Waals surface area contributed by atoms with Gasteiger partial charge in [0.25, 0.3) is 0 Å². The van der Waals surface area contributed by atoms with Crippen LogP contribution in [0.1, 0.15) is 27.8 Å². The average Bonchev–Trinajstić information content (AvgIpc) is 2.81. The van der Waals surface area contributed by atoms with Gasteiger partial charge in [-0.2, -0.15) is 0 Å². The number of hydrogen-bond donors (Lipinski definition) is 0. The highest BCUT2D eigenvalue weighted by Gasteiger charge is 2.08. The molecule has 4 aromatic carbocycles. The molecule has 0 unspecified atom stereocenters. The molecule has 33 heavy (non-hydrogen) atoms. The molecule has 0 aliphatic heterocycles. The van der Waals surface area contributed by atoms with E-state index in [-0.39, 0.29) is 16.9 Å². The van der Waals surface area contributed by atoms with E-state index in [0.717, 1.165) is 28.3 Å². The third kappa shape index (κ3) is 5.63. The van der Waals surface area contributed by atoms with Gasteiger partial charge in [-0.1, -0.05) is 47.9 Å². The Labute approximate surface area is 190 Å². The molecule has 4 rings (SSSR count). The summed E-state index contributed by atoms with van der Waals surface area (Å²) in [6.07, 6.45) is 0.806. The first kappa shape index (κ1) is 22.2. The highest BCUT2D eigenvalue weighted by atomic mass is 19.1. The number of methoxy groups -OCH3 is 1. The van der Waals surface area contributed by atoms with Gasteiger partial charge >= 0.3 is 0 Å². The average molecular weight is 440 g/mol. The molecule has 0 saturated heterocycles. The molecule has 0 fully saturated rings. The van der Waals surface area contributed by atoms with Crippen LogP contribution in [0, 0.1) is 41.1 Å². The maximum absolute atomic E-state index is 14.5. The summed E-state index contributed by atoms with van der Waals surface area (Å²) in [7, 11) is 1.65. The Morgan fingerprint density at radius 3 is 1.97 bits per heavy atom. The van der Waals surface area contributed by atoms with Crippen LogP contribution in [0.25, 0.3) is 10.8 Å². The Kier molecular flexibility index (Phi) is 6.79. The molecule has 162 valence electrons. The van der Waals surface area contributed by atoms with E-state index in [1.165, 1.54) is 24.3 Å². The minimum absolute atomic E-state index is 0.228. The second-order valence-corrected chi connectivity index (χ2v) is 7.46. The van der Waals surface area contributed by atoms with E-state index in [9.17, 15) is 13.2 Å². The fraction of sp³-hybridized carbons (Fsp3) is 0.103. The maximum Gasteiger partial charge on any atom is 0.143 e. The van der Waals surface area contributed by atoms with Crippen LogP contribution in [0.2, 0.25) is 0 Å². The van der Waals surface area contributed by atoms with Crippen molar-refractivity contribution in [1.82, 2.24) is 0 Å². The van der Waals surface area contributed by atoms with Crippen LogP contribution in [0.5, 0.6) is 0 Å². The summed E-state index contributed by atoms with van der Waals surface area (Å²) in [4.78, 5) is 0. The third-order valence-corrected chi connectivity index (χ3v) is 5.08. The molecule has 0 heterocycles. The van der Waals surface area contributed by atoms with Crippen molar-refractivity contribution in [2.24, 2.45) is 0 Å². The minimum Gasteiger partial charge on any atom is -0.384 e. The van der Waals surface area contributed by atoms with E-state index in [4.69, 9.17) is 4.74 Å². The lowest BCUT2D eigenvalue weighted by Crippen LogP contribution is -1.94. The monoisotopic (exact) mass is 440 g/mol. The summed E-state index contributed by atoms with van der Waals surface area (Å²) < 4.78 is 47.5. The van der Waals surface area contributed by atoms with Crippen LogP contribution in [-0.2, 0) is 11.2 Å². The summed E-state index contributed by atoms with van der Waals surface area (Å²) in [6, 6.07) is 19.5. The van der Waals surface area contributed by atoms with E-state index in [0.29, 0.717) is 12.2 Å². The fourth-order valence-electron chi connectivity index (χ4n) is 3.31. The predicted octanol–water partition coefficient (Wildman–Crippen LogP) is 6.25. The number of rotatable bonds is 3. The van der Waals surface area contributed by atoms with Gasteiger partial charge < -0.3 is 4.74 Å². The fourth-order valence-corrected chi connectivity index (χ4v) is 3.31. The van der Waals surface area contributed by atoms with E-state index in [1.807, 2.05) is 24.3 Å². The summed E-state index contributed by atoms with van der Waals surface area (Å²) in [5.74, 6) is 9.19. The third-order valence-electron chi connectivity index (χ3n) is 5.08. The van der Waals surface area contributed by atoms with Gasteiger partial charge in [-0.3, -0.25) is 0 Å². The Balaban J connectivity index is 1.54.